The van der Waals surface area contributed by atoms with E-state index in [1.54, 1.807) is 0 Å². The van der Waals surface area contributed by atoms with Gasteiger partial charge in [-0.25, -0.2) is 13.6 Å². The molecule has 0 aliphatic rings. The van der Waals surface area contributed by atoms with Crippen LogP contribution >= 0.6 is 0 Å². The van der Waals surface area contributed by atoms with Crippen molar-refractivity contribution in [3.8, 4) is 0 Å². The first-order chi connectivity index (χ1) is 8.00. The van der Waals surface area contributed by atoms with Gasteiger partial charge < -0.3 is 14.4 Å². The molecule has 94 valence electrons. The van der Waals surface area contributed by atoms with Crippen LogP contribution in [0.25, 0.3) is 0 Å². The number of halogens is 2. The van der Waals surface area contributed by atoms with Crippen LogP contribution in [-0.2, 0) is 11.3 Å². The Kier molecular flexibility index (Phi) is 4.77. The van der Waals surface area contributed by atoms with Crippen molar-refractivity contribution in [2.75, 3.05) is 13.2 Å². The van der Waals surface area contributed by atoms with Gasteiger partial charge in [0, 0.05) is 18.8 Å². The van der Waals surface area contributed by atoms with Gasteiger partial charge >= 0.3 is 5.97 Å². The van der Waals surface area contributed by atoms with Crippen LogP contribution in [0.3, 0.4) is 0 Å². The molecule has 0 saturated carbocycles. The van der Waals surface area contributed by atoms with Gasteiger partial charge in [0.2, 0.25) is 0 Å². The normalized spacial score (nSPS) is 10.8. The van der Waals surface area contributed by atoms with Crippen LogP contribution in [0, 0.1) is 0 Å². The first kappa shape index (κ1) is 13.3. The van der Waals surface area contributed by atoms with E-state index in [0.29, 0.717) is 0 Å². The Morgan fingerprint density at radius 1 is 1.47 bits per heavy atom. The second kappa shape index (κ2) is 6.09. The average Bonchev–Trinajstić information content (AvgIpc) is 2.25. The molecule has 0 saturated heterocycles. The predicted octanol–water partition coefficient (Wildman–Crippen LogP) is 0.828. The molecule has 17 heavy (non-hydrogen) atoms. The Labute approximate surface area is 95.2 Å². The van der Waals surface area contributed by atoms with Crippen LogP contribution in [-0.4, -0.2) is 35.3 Å². The van der Waals surface area contributed by atoms with E-state index in [1.165, 1.54) is 6.07 Å². The number of hydrogen-bond donors (Lipinski definition) is 1. The number of alkyl halides is 2. The fraction of sp³-hybridized carbons (Fsp3) is 0.400. The molecule has 0 spiro atoms. The summed E-state index contributed by atoms with van der Waals surface area (Å²) >= 11 is 0. The molecule has 0 aliphatic heterocycles. The van der Waals surface area contributed by atoms with Crippen molar-refractivity contribution < 1.29 is 23.4 Å². The molecule has 0 aliphatic carbocycles. The molecular weight excluding hydrogens is 236 g/mol. The minimum absolute atomic E-state index is 0.0344. The minimum Gasteiger partial charge on any atom is -0.478 e. The van der Waals surface area contributed by atoms with Gasteiger partial charge in [-0.1, -0.05) is 0 Å². The summed E-state index contributed by atoms with van der Waals surface area (Å²) < 4.78 is 29.2. The number of rotatable bonds is 6. The Morgan fingerprint density at radius 3 is 2.76 bits per heavy atom. The lowest BCUT2D eigenvalue weighted by molar-refractivity contribution is 0.0145. The van der Waals surface area contributed by atoms with Crippen molar-refractivity contribution in [2.24, 2.45) is 0 Å². The molecule has 1 N–H and O–H groups in total. The summed E-state index contributed by atoms with van der Waals surface area (Å²) in [6.45, 7) is -0.743. The van der Waals surface area contributed by atoms with Crippen molar-refractivity contribution in [3.63, 3.8) is 0 Å². The first-order valence-corrected chi connectivity index (χ1v) is 4.80. The van der Waals surface area contributed by atoms with E-state index < -0.39 is 24.6 Å². The van der Waals surface area contributed by atoms with Crippen molar-refractivity contribution in [3.05, 3.63) is 34.2 Å². The molecule has 0 fully saturated rings. The van der Waals surface area contributed by atoms with Crippen LogP contribution < -0.4 is 5.56 Å². The lowest BCUT2D eigenvalue weighted by Gasteiger charge is -2.07. The van der Waals surface area contributed by atoms with Crippen molar-refractivity contribution in [1.29, 1.82) is 0 Å². The maximum atomic E-state index is 11.7. The first-order valence-electron chi connectivity index (χ1n) is 4.80. The Hall–Kier alpha value is -1.76. The highest BCUT2D eigenvalue weighted by molar-refractivity contribution is 5.87. The second-order valence-corrected chi connectivity index (χ2v) is 3.22. The van der Waals surface area contributed by atoms with Crippen LogP contribution in [0.2, 0.25) is 0 Å². The monoisotopic (exact) mass is 247 g/mol. The van der Waals surface area contributed by atoms with Gasteiger partial charge in [-0.3, -0.25) is 4.79 Å². The Morgan fingerprint density at radius 2 is 2.18 bits per heavy atom. The number of aromatic nitrogens is 1. The third-order valence-electron chi connectivity index (χ3n) is 1.95. The average molecular weight is 247 g/mol. The van der Waals surface area contributed by atoms with E-state index in [9.17, 15) is 18.4 Å². The molecule has 1 heterocycles. The molecule has 7 heteroatoms. The summed E-state index contributed by atoms with van der Waals surface area (Å²) in [5.41, 5.74) is -0.450. The standard InChI is InChI=1S/C10H11F2NO4/c11-8(12)6-17-4-3-13-5-7(10(15)16)1-2-9(13)14/h1-2,5,8H,3-4,6H2,(H,15,16). The predicted molar refractivity (Wildman–Crippen MR) is 54.5 cm³/mol. The highest BCUT2D eigenvalue weighted by Crippen LogP contribution is 1.97. The zero-order valence-corrected chi connectivity index (χ0v) is 8.81. The van der Waals surface area contributed by atoms with E-state index in [2.05, 4.69) is 4.74 Å². The number of nitrogens with zero attached hydrogens (tertiary/aromatic N) is 1. The van der Waals surface area contributed by atoms with E-state index in [-0.39, 0.29) is 18.7 Å². The summed E-state index contributed by atoms with van der Waals surface area (Å²) in [5, 5.41) is 8.70. The van der Waals surface area contributed by atoms with Gasteiger partial charge in [0.15, 0.2) is 0 Å². The maximum Gasteiger partial charge on any atom is 0.337 e. The van der Waals surface area contributed by atoms with Gasteiger partial charge in [-0.15, -0.1) is 0 Å². The number of carbonyl (C=O) groups is 1. The zero-order chi connectivity index (χ0) is 12.8. The van der Waals surface area contributed by atoms with E-state index in [0.717, 1.165) is 16.8 Å². The fourth-order valence-electron chi connectivity index (χ4n) is 1.17. The molecule has 1 aromatic rings. The molecule has 0 bridgehead atoms. The molecule has 0 atom stereocenters. The van der Waals surface area contributed by atoms with Gasteiger partial charge in [-0.2, -0.15) is 0 Å². The molecular formula is C10H11F2NO4. The Balaban J connectivity index is 2.61. The minimum atomic E-state index is -2.56. The maximum absolute atomic E-state index is 11.7. The Bertz CT molecular complexity index is 444. The number of pyridine rings is 1. The summed E-state index contributed by atoms with van der Waals surface area (Å²) in [6.07, 6.45) is -1.41. The number of carboxylic acid groups (broad SMARTS) is 1. The lowest BCUT2D eigenvalue weighted by atomic mass is 10.3. The largest absolute Gasteiger partial charge is 0.478 e. The molecule has 1 rings (SSSR count). The lowest BCUT2D eigenvalue weighted by Crippen LogP contribution is -2.23. The van der Waals surface area contributed by atoms with Gasteiger partial charge in [-0.05, 0) is 6.07 Å². The summed E-state index contributed by atoms with van der Waals surface area (Å²) in [7, 11) is 0. The van der Waals surface area contributed by atoms with E-state index in [1.807, 2.05) is 0 Å². The van der Waals surface area contributed by atoms with Gasteiger partial charge in [0.25, 0.3) is 12.0 Å². The van der Waals surface area contributed by atoms with Crippen molar-refractivity contribution in [1.82, 2.24) is 4.57 Å². The second-order valence-electron chi connectivity index (χ2n) is 3.22. The van der Waals surface area contributed by atoms with Gasteiger partial charge in [0.05, 0.1) is 12.2 Å². The number of hydrogen-bond acceptors (Lipinski definition) is 3. The fourth-order valence-corrected chi connectivity index (χ4v) is 1.17. The number of aromatic carboxylic acids is 1. The van der Waals surface area contributed by atoms with Crippen LogP contribution in [0.1, 0.15) is 10.4 Å². The quantitative estimate of drug-likeness (QED) is 0.756. The van der Waals surface area contributed by atoms with Crippen molar-refractivity contribution >= 4 is 5.97 Å². The number of carboxylic acids is 1. The van der Waals surface area contributed by atoms with Crippen LogP contribution in [0.5, 0.6) is 0 Å². The molecule has 0 amide bonds. The SMILES string of the molecule is O=C(O)c1ccc(=O)n(CCOCC(F)F)c1. The van der Waals surface area contributed by atoms with E-state index >= 15 is 0 Å². The van der Waals surface area contributed by atoms with Crippen molar-refractivity contribution in [2.45, 2.75) is 13.0 Å². The molecule has 0 radical (unpaired) electrons. The highest BCUT2D eigenvalue weighted by atomic mass is 19.3. The third-order valence-corrected chi connectivity index (χ3v) is 1.95. The number of ether oxygens (including phenoxy) is 1. The summed E-state index contributed by atoms with van der Waals surface area (Å²) in [5.74, 6) is -1.16. The third kappa shape index (κ3) is 4.31. The molecule has 5 nitrogen and oxygen atoms in total. The smallest absolute Gasteiger partial charge is 0.337 e. The molecule has 0 aromatic carbocycles. The highest BCUT2D eigenvalue weighted by Gasteiger charge is 2.06. The molecule has 1 aromatic heterocycles. The van der Waals surface area contributed by atoms with E-state index in [4.69, 9.17) is 5.11 Å². The summed E-state index contributed by atoms with van der Waals surface area (Å²) in [6, 6.07) is 2.29. The van der Waals surface area contributed by atoms with Gasteiger partial charge in [0.1, 0.15) is 6.61 Å². The topological polar surface area (TPSA) is 68.5 Å². The molecule has 0 unspecified atom stereocenters. The van der Waals surface area contributed by atoms with Crippen LogP contribution in [0.4, 0.5) is 8.78 Å². The zero-order valence-electron chi connectivity index (χ0n) is 8.81. The summed E-state index contributed by atoms with van der Waals surface area (Å²) in [4.78, 5) is 21.9. The van der Waals surface area contributed by atoms with Crippen LogP contribution in [0.15, 0.2) is 23.1 Å².